The van der Waals surface area contributed by atoms with Crippen LogP contribution < -0.4 is 15.8 Å². The summed E-state index contributed by atoms with van der Waals surface area (Å²) < 4.78 is 5.32. The van der Waals surface area contributed by atoms with E-state index in [-0.39, 0.29) is 12.5 Å². The molecule has 0 fully saturated rings. The first-order chi connectivity index (χ1) is 9.94. The van der Waals surface area contributed by atoms with Crippen molar-refractivity contribution >= 4 is 52.1 Å². The summed E-state index contributed by atoms with van der Waals surface area (Å²) in [5, 5.41) is 3.94. The molecule has 2 aromatic rings. The minimum atomic E-state index is -0.375. The predicted octanol–water partition coefficient (Wildman–Crippen LogP) is 4.25. The van der Waals surface area contributed by atoms with Crippen molar-refractivity contribution < 1.29 is 9.53 Å². The molecule has 3 N–H and O–H groups in total. The number of nitrogens with two attached hydrogens (primary N) is 1. The molecule has 0 spiro atoms. The van der Waals surface area contributed by atoms with Gasteiger partial charge >= 0.3 is 0 Å². The Balaban J connectivity index is 1.97. The molecule has 0 aliphatic heterocycles. The molecule has 0 radical (unpaired) electrons. The van der Waals surface area contributed by atoms with Gasteiger partial charge in [0.15, 0.2) is 6.61 Å². The normalized spacial score (nSPS) is 10.2. The molecule has 0 atom stereocenters. The number of nitrogen functional groups attached to an aromatic ring is 1. The Morgan fingerprint density at radius 2 is 1.71 bits per heavy atom. The number of rotatable bonds is 4. The second kappa shape index (κ2) is 6.89. The topological polar surface area (TPSA) is 64.3 Å². The maximum absolute atomic E-state index is 11.8. The van der Waals surface area contributed by atoms with E-state index < -0.39 is 0 Å². The van der Waals surface area contributed by atoms with Gasteiger partial charge in [-0.25, -0.2) is 0 Å². The number of halogens is 3. The molecule has 110 valence electrons. The lowest BCUT2D eigenvalue weighted by Crippen LogP contribution is -2.20. The Kier molecular flexibility index (Phi) is 5.17. The van der Waals surface area contributed by atoms with E-state index >= 15 is 0 Å². The van der Waals surface area contributed by atoms with Gasteiger partial charge in [0, 0.05) is 15.1 Å². The molecule has 4 nitrogen and oxygen atoms in total. The highest BCUT2D eigenvalue weighted by Gasteiger charge is 2.08. The average Bonchev–Trinajstić information content (AvgIpc) is 2.40. The van der Waals surface area contributed by atoms with E-state index in [1.165, 1.54) is 0 Å². The van der Waals surface area contributed by atoms with Gasteiger partial charge < -0.3 is 15.8 Å². The van der Waals surface area contributed by atoms with Crippen LogP contribution in [0.15, 0.2) is 36.4 Å². The molecule has 2 aromatic carbocycles. The van der Waals surface area contributed by atoms with Crippen LogP contribution >= 0.6 is 34.8 Å². The Bertz CT molecular complexity index is 657. The van der Waals surface area contributed by atoms with Crippen molar-refractivity contribution in [3.05, 3.63) is 51.5 Å². The molecule has 0 bridgehead atoms. The molecule has 0 unspecified atom stereocenters. The van der Waals surface area contributed by atoms with Gasteiger partial charge in [-0.05, 0) is 36.4 Å². The first-order valence-electron chi connectivity index (χ1n) is 5.88. The van der Waals surface area contributed by atoms with Crippen LogP contribution in [0.1, 0.15) is 0 Å². The largest absolute Gasteiger partial charge is 0.484 e. The van der Waals surface area contributed by atoms with E-state index in [1.54, 1.807) is 36.4 Å². The zero-order valence-corrected chi connectivity index (χ0v) is 13.0. The SMILES string of the molecule is Nc1ccc(Cl)cc1NC(=O)COc1cc(Cl)cc(Cl)c1. The number of ether oxygens (including phenoxy) is 1. The molecule has 0 heterocycles. The van der Waals surface area contributed by atoms with Crippen molar-refractivity contribution in [3.8, 4) is 5.75 Å². The van der Waals surface area contributed by atoms with Crippen LogP contribution in [0.2, 0.25) is 15.1 Å². The van der Waals surface area contributed by atoms with E-state index in [0.29, 0.717) is 32.2 Å². The second-order valence-electron chi connectivity index (χ2n) is 4.17. The summed E-state index contributed by atoms with van der Waals surface area (Å²) in [7, 11) is 0. The highest BCUT2D eigenvalue weighted by Crippen LogP contribution is 2.25. The number of hydrogen-bond donors (Lipinski definition) is 2. The van der Waals surface area contributed by atoms with Crippen LogP contribution in [-0.2, 0) is 4.79 Å². The van der Waals surface area contributed by atoms with Gasteiger partial charge in [0.2, 0.25) is 0 Å². The summed E-state index contributed by atoms with van der Waals surface area (Å²) in [6.45, 7) is -0.206. The molecule has 0 aliphatic rings. The number of hydrogen-bond acceptors (Lipinski definition) is 3. The number of benzene rings is 2. The zero-order valence-electron chi connectivity index (χ0n) is 10.7. The number of carbonyl (C=O) groups excluding carboxylic acids is 1. The molecular weight excluding hydrogens is 335 g/mol. The van der Waals surface area contributed by atoms with E-state index in [0.717, 1.165) is 0 Å². The lowest BCUT2D eigenvalue weighted by Gasteiger charge is -2.10. The van der Waals surface area contributed by atoms with Crippen molar-refractivity contribution in [1.29, 1.82) is 0 Å². The second-order valence-corrected chi connectivity index (χ2v) is 5.48. The van der Waals surface area contributed by atoms with Crippen LogP contribution in [0.3, 0.4) is 0 Å². The number of carbonyl (C=O) groups is 1. The third-order valence-corrected chi connectivity index (χ3v) is 3.17. The average molecular weight is 346 g/mol. The molecule has 0 aliphatic carbocycles. The highest BCUT2D eigenvalue weighted by molar-refractivity contribution is 6.34. The summed E-state index contributed by atoms with van der Waals surface area (Å²) >= 11 is 17.5. The zero-order chi connectivity index (χ0) is 15.4. The minimum Gasteiger partial charge on any atom is -0.484 e. The maximum Gasteiger partial charge on any atom is 0.262 e. The summed E-state index contributed by atoms with van der Waals surface area (Å²) in [4.78, 5) is 11.8. The molecule has 21 heavy (non-hydrogen) atoms. The monoisotopic (exact) mass is 344 g/mol. The third kappa shape index (κ3) is 4.70. The van der Waals surface area contributed by atoms with Crippen LogP contribution in [0, 0.1) is 0 Å². The van der Waals surface area contributed by atoms with Gasteiger partial charge in [-0.1, -0.05) is 34.8 Å². The van der Waals surface area contributed by atoms with Crippen LogP contribution in [0.5, 0.6) is 5.75 Å². The van der Waals surface area contributed by atoms with Crippen LogP contribution in [0.25, 0.3) is 0 Å². The Hall–Kier alpha value is -1.62. The maximum atomic E-state index is 11.8. The van der Waals surface area contributed by atoms with Crippen molar-refractivity contribution in [2.45, 2.75) is 0 Å². The van der Waals surface area contributed by atoms with E-state index in [2.05, 4.69) is 5.32 Å². The van der Waals surface area contributed by atoms with Gasteiger partial charge in [0.1, 0.15) is 5.75 Å². The molecule has 0 aromatic heterocycles. The lowest BCUT2D eigenvalue weighted by molar-refractivity contribution is -0.118. The van der Waals surface area contributed by atoms with Gasteiger partial charge in [-0.15, -0.1) is 0 Å². The van der Waals surface area contributed by atoms with Crippen molar-refractivity contribution in [1.82, 2.24) is 0 Å². The first-order valence-corrected chi connectivity index (χ1v) is 7.01. The van der Waals surface area contributed by atoms with E-state index in [4.69, 9.17) is 45.3 Å². The highest BCUT2D eigenvalue weighted by atomic mass is 35.5. The van der Waals surface area contributed by atoms with Gasteiger partial charge in [-0.3, -0.25) is 4.79 Å². The Morgan fingerprint density at radius 1 is 1.05 bits per heavy atom. The molecule has 0 saturated carbocycles. The van der Waals surface area contributed by atoms with Gasteiger partial charge in [0.25, 0.3) is 5.91 Å². The van der Waals surface area contributed by atoms with Gasteiger partial charge in [0.05, 0.1) is 11.4 Å². The number of nitrogens with one attached hydrogen (secondary N) is 1. The van der Waals surface area contributed by atoms with E-state index in [9.17, 15) is 4.79 Å². The van der Waals surface area contributed by atoms with E-state index in [1.807, 2.05) is 0 Å². The lowest BCUT2D eigenvalue weighted by atomic mass is 10.2. The van der Waals surface area contributed by atoms with Crippen LogP contribution in [0.4, 0.5) is 11.4 Å². The summed E-state index contributed by atoms with van der Waals surface area (Å²) in [5.74, 6) is 0.0294. The Morgan fingerprint density at radius 3 is 2.38 bits per heavy atom. The fourth-order valence-electron chi connectivity index (χ4n) is 1.58. The minimum absolute atomic E-state index is 0.206. The predicted molar refractivity (Wildman–Crippen MR) is 86.5 cm³/mol. The molecule has 7 heteroatoms. The summed E-state index contributed by atoms with van der Waals surface area (Å²) in [6, 6.07) is 9.50. The molecular formula is C14H11Cl3N2O2. The van der Waals surface area contributed by atoms with Gasteiger partial charge in [-0.2, -0.15) is 0 Å². The fraction of sp³-hybridized carbons (Fsp3) is 0.0714. The van der Waals surface area contributed by atoms with Crippen molar-refractivity contribution in [2.75, 3.05) is 17.7 Å². The quantitative estimate of drug-likeness (QED) is 0.814. The Labute approximate surface area is 136 Å². The third-order valence-electron chi connectivity index (χ3n) is 2.50. The van der Waals surface area contributed by atoms with Crippen molar-refractivity contribution in [2.24, 2.45) is 0 Å². The van der Waals surface area contributed by atoms with Crippen LogP contribution in [-0.4, -0.2) is 12.5 Å². The molecule has 0 saturated heterocycles. The number of amides is 1. The van der Waals surface area contributed by atoms with Crippen molar-refractivity contribution in [3.63, 3.8) is 0 Å². The first kappa shape index (κ1) is 15.8. The molecule has 2 rings (SSSR count). The standard InChI is InChI=1S/C14H11Cl3N2O2/c15-8-1-2-12(18)13(6-8)19-14(20)7-21-11-4-9(16)3-10(17)5-11/h1-6H,7,18H2,(H,19,20). The summed E-state index contributed by atoms with van der Waals surface area (Å²) in [5.41, 5.74) is 6.58. The smallest absolute Gasteiger partial charge is 0.262 e. The number of anilines is 2. The summed E-state index contributed by atoms with van der Waals surface area (Å²) in [6.07, 6.45) is 0. The fourth-order valence-corrected chi connectivity index (χ4v) is 2.26. The molecule has 1 amide bonds.